The van der Waals surface area contributed by atoms with Gasteiger partial charge in [0.2, 0.25) is 0 Å². The molecule has 0 radical (unpaired) electrons. The Balaban J connectivity index is 2.55. The zero-order chi connectivity index (χ0) is 11.1. The molecule has 0 atom stereocenters. The van der Waals surface area contributed by atoms with Crippen LogP contribution in [0, 0.1) is 0 Å². The van der Waals surface area contributed by atoms with Gasteiger partial charge >= 0.3 is 6.18 Å². The number of nitrogens with zero attached hydrogens (tertiary/aromatic N) is 2. The van der Waals surface area contributed by atoms with E-state index in [0.29, 0.717) is 5.69 Å². The van der Waals surface area contributed by atoms with Gasteiger partial charge in [0.15, 0.2) is 0 Å². The lowest BCUT2D eigenvalue weighted by atomic mass is 10.2. The van der Waals surface area contributed by atoms with Crippen molar-refractivity contribution in [3.63, 3.8) is 0 Å². The number of rotatable bonds is 1. The summed E-state index contributed by atoms with van der Waals surface area (Å²) in [5.41, 5.74) is 5.45. The van der Waals surface area contributed by atoms with Gasteiger partial charge in [-0.25, -0.2) is 4.98 Å². The minimum Gasteiger partial charge on any atom is -0.325 e. The Morgan fingerprint density at radius 2 is 2.13 bits per heavy atom. The minimum absolute atomic E-state index is 0.211. The lowest BCUT2D eigenvalue weighted by Gasteiger charge is -2.05. The van der Waals surface area contributed by atoms with Crippen LogP contribution in [-0.4, -0.2) is 9.38 Å². The highest BCUT2D eigenvalue weighted by atomic mass is 19.4. The number of halogens is 3. The smallest absolute Gasteiger partial charge is 0.325 e. The highest BCUT2D eigenvalue weighted by Gasteiger charge is 2.30. The van der Waals surface area contributed by atoms with Gasteiger partial charge in [0.1, 0.15) is 5.65 Å². The van der Waals surface area contributed by atoms with Crippen molar-refractivity contribution in [2.45, 2.75) is 12.7 Å². The summed E-state index contributed by atoms with van der Waals surface area (Å²) in [7, 11) is 0. The average molecular weight is 215 g/mol. The number of nitrogens with two attached hydrogens (primary N) is 1. The molecular formula is C9H8F3N3. The lowest BCUT2D eigenvalue weighted by molar-refractivity contribution is -0.137. The van der Waals surface area contributed by atoms with Gasteiger partial charge in [-0.15, -0.1) is 0 Å². The molecule has 3 nitrogen and oxygen atoms in total. The van der Waals surface area contributed by atoms with Gasteiger partial charge in [0.05, 0.1) is 11.3 Å². The molecule has 0 bridgehead atoms. The highest BCUT2D eigenvalue weighted by molar-refractivity contribution is 5.43. The molecule has 0 amide bonds. The summed E-state index contributed by atoms with van der Waals surface area (Å²) in [4.78, 5) is 3.94. The van der Waals surface area contributed by atoms with Gasteiger partial charge in [-0.05, 0) is 12.1 Å². The fourth-order valence-electron chi connectivity index (χ4n) is 1.31. The Hall–Kier alpha value is -1.56. The molecule has 0 unspecified atom stereocenters. The second-order valence-corrected chi connectivity index (χ2v) is 3.12. The third kappa shape index (κ3) is 1.80. The van der Waals surface area contributed by atoms with E-state index in [1.807, 2.05) is 0 Å². The maximum atomic E-state index is 12.3. The second-order valence-electron chi connectivity index (χ2n) is 3.12. The summed E-state index contributed by atoms with van der Waals surface area (Å²) >= 11 is 0. The van der Waals surface area contributed by atoms with Gasteiger partial charge in [-0.3, -0.25) is 0 Å². The van der Waals surface area contributed by atoms with Crippen LogP contribution in [0.3, 0.4) is 0 Å². The Morgan fingerprint density at radius 3 is 2.73 bits per heavy atom. The van der Waals surface area contributed by atoms with Crippen LogP contribution < -0.4 is 5.73 Å². The third-order valence-corrected chi connectivity index (χ3v) is 2.05. The van der Waals surface area contributed by atoms with E-state index in [9.17, 15) is 13.2 Å². The summed E-state index contributed by atoms with van der Waals surface area (Å²) in [6.45, 7) is 0.211. The van der Waals surface area contributed by atoms with Gasteiger partial charge in [0.25, 0.3) is 0 Å². The molecule has 0 aromatic carbocycles. The van der Waals surface area contributed by atoms with Crippen molar-refractivity contribution in [2.24, 2.45) is 5.73 Å². The van der Waals surface area contributed by atoms with Crippen LogP contribution >= 0.6 is 0 Å². The molecule has 2 aromatic rings. The van der Waals surface area contributed by atoms with Crippen LogP contribution in [0.2, 0.25) is 0 Å². The molecule has 0 aliphatic carbocycles. The minimum atomic E-state index is -4.34. The van der Waals surface area contributed by atoms with Crippen LogP contribution in [0.1, 0.15) is 11.3 Å². The maximum Gasteiger partial charge on any atom is 0.416 e. The zero-order valence-corrected chi connectivity index (χ0v) is 7.62. The summed E-state index contributed by atoms with van der Waals surface area (Å²) in [6, 6.07) is 2.01. The molecule has 2 N–H and O–H groups in total. The van der Waals surface area contributed by atoms with Crippen LogP contribution in [0.25, 0.3) is 5.65 Å². The SMILES string of the molecule is NCc1cn2ccc(C(F)(F)F)cc2n1. The van der Waals surface area contributed by atoms with E-state index < -0.39 is 11.7 Å². The van der Waals surface area contributed by atoms with Crippen molar-refractivity contribution in [3.8, 4) is 0 Å². The number of alkyl halides is 3. The number of hydrogen-bond acceptors (Lipinski definition) is 2. The quantitative estimate of drug-likeness (QED) is 0.788. The van der Waals surface area contributed by atoms with Crippen molar-refractivity contribution in [1.29, 1.82) is 0 Å². The van der Waals surface area contributed by atoms with Crippen LogP contribution in [0.15, 0.2) is 24.5 Å². The molecule has 0 fully saturated rings. The number of fused-ring (bicyclic) bond motifs is 1. The summed E-state index contributed by atoms with van der Waals surface area (Å²) in [6.07, 6.45) is -1.41. The van der Waals surface area contributed by atoms with Crippen molar-refractivity contribution in [2.75, 3.05) is 0 Å². The Labute approximate surface area is 83.3 Å². The van der Waals surface area contributed by atoms with Gasteiger partial charge < -0.3 is 10.1 Å². The van der Waals surface area contributed by atoms with E-state index in [-0.39, 0.29) is 12.2 Å². The highest BCUT2D eigenvalue weighted by Crippen LogP contribution is 2.29. The summed E-state index contributed by atoms with van der Waals surface area (Å²) in [5, 5.41) is 0. The van der Waals surface area contributed by atoms with E-state index in [1.54, 1.807) is 6.20 Å². The number of imidazole rings is 1. The molecule has 80 valence electrons. The maximum absolute atomic E-state index is 12.3. The third-order valence-electron chi connectivity index (χ3n) is 2.05. The summed E-state index contributed by atoms with van der Waals surface area (Å²) in [5.74, 6) is 0. The molecule has 2 rings (SSSR count). The molecule has 0 aliphatic rings. The van der Waals surface area contributed by atoms with Crippen molar-refractivity contribution < 1.29 is 13.2 Å². The first kappa shape index (κ1) is 9.97. The number of pyridine rings is 1. The lowest BCUT2D eigenvalue weighted by Crippen LogP contribution is -2.05. The first-order chi connectivity index (χ1) is 7.00. The van der Waals surface area contributed by atoms with Crippen LogP contribution in [0.4, 0.5) is 13.2 Å². The second kappa shape index (κ2) is 3.23. The zero-order valence-electron chi connectivity index (χ0n) is 7.62. The fourth-order valence-corrected chi connectivity index (χ4v) is 1.31. The summed E-state index contributed by atoms with van der Waals surface area (Å²) < 4.78 is 38.5. The topological polar surface area (TPSA) is 43.3 Å². The van der Waals surface area contributed by atoms with Crippen molar-refractivity contribution in [3.05, 3.63) is 35.8 Å². The molecule has 0 saturated heterocycles. The number of hydrogen-bond donors (Lipinski definition) is 1. The van der Waals surface area contributed by atoms with Crippen molar-refractivity contribution >= 4 is 5.65 Å². The number of aromatic nitrogens is 2. The van der Waals surface area contributed by atoms with Crippen molar-refractivity contribution in [1.82, 2.24) is 9.38 Å². The first-order valence-corrected chi connectivity index (χ1v) is 4.25. The van der Waals surface area contributed by atoms with E-state index in [1.165, 1.54) is 10.6 Å². The Morgan fingerprint density at radius 1 is 1.40 bits per heavy atom. The van der Waals surface area contributed by atoms with Crippen LogP contribution in [0.5, 0.6) is 0 Å². The van der Waals surface area contributed by atoms with E-state index >= 15 is 0 Å². The normalized spacial score (nSPS) is 12.3. The van der Waals surface area contributed by atoms with Gasteiger partial charge in [-0.1, -0.05) is 0 Å². The molecule has 0 aliphatic heterocycles. The molecule has 2 aromatic heterocycles. The molecule has 0 saturated carbocycles. The average Bonchev–Trinajstić information content (AvgIpc) is 2.57. The van der Waals surface area contributed by atoms with Crippen LogP contribution in [-0.2, 0) is 12.7 Å². The molecule has 6 heteroatoms. The Kier molecular flexibility index (Phi) is 2.15. The monoisotopic (exact) mass is 215 g/mol. The molecule has 0 spiro atoms. The largest absolute Gasteiger partial charge is 0.416 e. The van der Waals surface area contributed by atoms with E-state index in [4.69, 9.17) is 5.73 Å². The van der Waals surface area contributed by atoms with Gasteiger partial charge in [0, 0.05) is 18.9 Å². The molecule has 15 heavy (non-hydrogen) atoms. The predicted molar refractivity (Wildman–Crippen MR) is 48.1 cm³/mol. The standard InChI is InChI=1S/C9H8F3N3/c10-9(11,12)6-1-2-15-5-7(4-13)14-8(15)3-6/h1-3,5H,4,13H2. The predicted octanol–water partition coefficient (Wildman–Crippen LogP) is 1.81. The molecular weight excluding hydrogens is 207 g/mol. The van der Waals surface area contributed by atoms with Gasteiger partial charge in [-0.2, -0.15) is 13.2 Å². The van der Waals surface area contributed by atoms with E-state index in [2.05, 4.69) is 4.98 Å². The van der Waals surface area contributed by atoms with E-state index in [0.717, 1.165) is 12.1 Å². The Bertz CT molecular complexity index is 487. The fraction of sp³-hybridized carbons (Fsp3) is 0.222. The first-order valence-electron chi connectivity index (χ1n) is 4.25. The molecule has 2 heterocycles.